The summed E-state index contributed by atoms with van der Waals surface area (Å²) in [6.07, 6.45) is 6.06. The molecule has 128 valence electrons. The van der Waals surface area contributed by atoms with Crippen molar-refractivity contribution in [1.82, 2.24) is 0 Å². The van der Waals surface area contributed by atoms with Gasteiger partial charge in [-0.3, -0.25) is 0 Å². The molecule has 0 nitrogen and oxygen atoms in total. The third-order valence-corrected chi connectivity index (χ3v) is 6.41. The van der Waals surface area contributed by atoms with Crippen LogP contribution in [-0.2, 0) is 0 Å². The molecule has 2 aromatic carbocycles. The van der Waals surface area contributed by atoms with Crippen LogP contribution in [-0.4, -0.2) is 4.58 Å². The molecule has 0 unspecified atom stereocenters. The smallest absolute Gasteiger partial charge is 0.0599 e. The van der Waals surface area contributed by atoms with Crippen molar-refractivity contribution in [3.8, 4) is 0 Å². The van der Waals surface area contributed by atoms with Gasteiger partial charge >= 0.3 is 0 Å². The minimum absolute atomic E-state index is 0.552. The summed E-state index contributed by atoms with van der Waals surface area (Å²) >= 11 is 4.00. The van der Waals surface area contributed by atoms with E-state index >= 15 is 0 Å². The maximum Gasteiger partial charge on any atom is 0.0599 e. The van der Waals surface area contributed by atoms with Gasteiger partial charge in [0.15, 0.2) is 0 Å². The molecule has 0 saturated carbocycles. The monoisotopic (exact) mass is 356 g/mol. The van der Waals surface area contributed by atoms with E-state index in [2.05, 4.69) is 87.5 Å². The van der Waals surface area contributed by atoms with Crippen LogP contribution in [0.3, 0.4) is 0 Å². The zero-order chi connectivity index (χ0) is 17.2. The van der Waals surface area contributed by atoms with Crippen molar-refractivity contribution in [2.24, 2.45) is 5.92 Å². The van der Waals surface area contributed by atoms with Crippen molar-refractivity contribution in [1.29, 1.82) is 0 Å². The van der Waals surface area contributed by atoms with E-state index in [0.29, 0.717) is 4.58 Å². The second-order valence-corrected chi connectivity index (χ2v) is 9.34. The Kier molecular flexibility index (Phi) is 8.55. The summed E-state index contributed by atoms with van der Waals surface area (Å²) in [5.41, 5.74) is 1.43. The van der Waals surface area contributed by atoms with Crippen molar-refractivity contribution in [3.05, 3.63) is 72.3 Å². The van der Waals surface area contributed by atoms with Crippen LogP contribution in [0.25, 0.3) is 0 Å². The highest BCUT2D eigenvalue weighted by Crippen LogP contribution is 2.39. The van der Waals surface area contributed by atoms with E-state index in [0.717, 1.165) is 5.92 Å². The molecule has 0 spiro atoms. The largest absolute Gasteiger partial charge is 0.111 e. The van der Waals surface area contributed by atoms with Crippen molar-refractivity contribution >= 4 is 23.5 Å². The lowest BCUT2D eigenvalue weighted by Gasteiger charge is -2.20. The van der Waals surface area contributed by atoms with E-state index in [9.17, 15) is 0 Å². The molecule has 1 atom stereocenters. The summed E-state index contributed by atoms with van der Waals surface area (Å²) in [5, 5.41) is 0. The fraction of sp³-hybridized carbons (Fsp3) is 0.364. The molecule has 0 N–H and O–H groups in total. The van der Waals surface area contributed by atoms with Gasteiger partial charge in [0.1, 0.15) is 0 Å². The van der Waals surface area contributed by atoms with E-state index < -0.39 is 0 Å². The number of allylic oxidation sites excluding steroid dienone is 2. The molecule has 0 saturated heterocycles. The highest BCUT2D eigenvalue weighted by Gasteiger charge is 2.16. The standard InChI is InChI=1S/C22H28S2/c1-18(2)11-10-12-19(3)17-22(23-20-13-6-4-7-14-20)24-21-15-8-5-9-16-21/h4-9,11,13-16,19,22H,10,12,17H2,1-3H3/t19-/m0/s1. The number of rotatable bonds is 9. The zero-order valence-corrected chi connectivity index (χ0v) is 16.6. The van der Waals surface area contributed by atoms with Gasteiger partial charge in [0.05, 0.1) is 4.58 Å². The van der Waals surface area contributed by atoms with Crippen molar-refractivity contribution in [2.45, 2.75) is 54.4 Å². The van der Waals surface area contributed by atoms with E-state index in [1.54, 1.807) is 0 Å². The quantitative estimate of drug-likeness (QED) is 0.257. The maximum absolute atomic E-state index is 2.39. The van der Waals surface area contributed by atoms with Crippen LogP contribution < -0.4 is 0 Å². The summed E-state index contributed by atoms with van der Waals surface area (Å²) < 4.78 is 0.552. The molecule has 24 heavy (non-hydrogen) atoms. The molecule has 0 aliphatic rings. The Balaban J connectivity index is 1.97. The molecular formula is C22H28S2. The van der Waals surface area contributed by atoms with E-state index in [1.165, 1.54) is 34.6 Å². The SMILES string of the molecule is CC(C)=CCC[C@H](C)CC(Sc1ccccc1)Sc1ccccc1. The Morgan fingerprint density at radius 3 is 1.83 bits per heavy atom. The molecule has 0 amide bonds. The first-order valence-electron chi connectivity index (χ1n) is 8.70. The highest BCUT2D eigenvalue weighted by molar-refractivity contribution is 8.17. The number of benzene rings is 2. The minimum Gasteiger partial charge on any atom is -0.111 e. The first-order valence-corrected chi connectivity index (χ1v) is 10.5. The normalized spacial score (nSPS) is 12.2. The Morgan fingerprint density at radius 1 is 0.875 bits per heavy atom. The fourth-order valence-corrected chi connectivity index (χ4v) is 5.47. The highest BCUT2D eigenvalue weighted by atomic mass is 32.2. The molecular weight excluding hydrogens is 328 g/mol. The van der Waals surface area contributed by atoms with Crippen LogP contribution >= 0.6 is 23.5 Å². The molecule has 0 aliphatic carbocycles. The average Bonchev–Trinajstić information content (AvgIpc) is 2.56. The molecule has 2 aromatic rings. The van der Waals surface area contributed by atoms with Crippen LogP contribution in [0.1, 0.15) is 40.0 Å². The molecule has 0 heterocycles. The van der Waals surface area contributed by atoms with Gasteiger partial charge in [-0.05, 0) is 63.3 Å². The lowest BCUT2D eigenvalue weighted by Crippen LogP contribution is -2.05. The first-order chi connectivity index (χ1) is 11.6. The Bertz CT molecular complexity index is 559. The number of hydrogen-bond acceptors (Lipinski definition) is 2. The lowest BCUT2D eigenvalue weighted by molar-refractivity contribution is 0.517. The van der Waals surface area contributed by atoms with Crippen molar-refractivity contribution < 1.29 is 0 Å². The van der Waals surface area contributed by atoms with Gasteiger partial charge in [-0.2, -0.15) is 0 Å². The Morgan fingerprint density at radius 2 is 1.38 bits per heavy atom. The molecule has 0 radical (unpaired) electrons. The molecule has 2 heteroatoms. The van der Waals surface area contributed by atoms with Gasteiger partial charge in [0.25, 0.3) is 0 Å². The summed E-state index contributed by atoms with van der Waals surface area (Å²) in [6, 6.07) is 21.6. The molecule has 0 aromatic heterocycles. The van der Waals surface area contributed by atoms with Gasteiger partial charge in [0, 0.05) is 9.79 Å². The van der Waals surface area contributed by atoms with Crippen LogP contribution in [0.2, 0.25) is 0 Å². The number of thioether (sulfide) groups is 2. The maximum atomic E-state index is 2.39. The van der Waals surface area contributed by atoms with Gasteiger partial charge in [-0.15, -0.1) is 23.5 Å². The van der Waals surface area contributed by atoms with E-state index in [4.69, 9.17) is 0 Å². The van der Waals surface area contributed by atoms with Crippen LogP contribution in [0.15, 0.2) is 82.1 Å². The molecule has 0 fully saturated rings. The van der Waals surface area contributed by atoms with Crippen molar-refractivity contribution in [2.75, 3.05) is 0 Å². The minimum atomic E-state index is 0.552. The fourth-order valence-electron chi connectivity index (χ4n) is 2.52. The van der Waals surface area contributed by atoms with Crippen LogP contribution in [0.4, 0.5) is 0 Å². The molecule has 2 rings (SSSR count). The first kappa shape index (κ1) is 19.2. The van der Waals surface area contributed by atoms with Crippen LogP contribution in [0, 0.1) is 5.92 Å². The van der Waals surface area contributed by atoms with Gasteiger partial charge < -0.3 is 0 Å². The summed E-state index contributed by atoms with van der Waals surface area (Å²) in [7, 11) is 0. The lowest BCUT2D eigenvalue weighted by atomic mass is 10.0. The summed E-state index contributed by atoms with van der Waals surface area (Å²) in [6.45, 7) is 6.76. The third-order valence-electron chi connectivity index (χ3n) is 3.83. The number of hydrogen-bond donors (Lipinski definition) is 0. The third kappa shape index (κ3) is 7.63. The van der Waals surface area contributed by atoms with Crippen LogP contribution in [0.5, 0.6) is 0 Å². The average molecular weight is 357 g/mol. The van der Waals surface area contributed by atoms with E-state index in [1.807, 2.05) is 23.5 Å². The molecule has 0 bridgehead atoms. The van der Waals surface area contributed by atoms with Gasteiger partial charge in [0.2, 0.25) is 0 Å². The summed E-state index contributed by atoms with van der Waals surface area (Å²) in [5.74, 6) is 0.734. The van der Waals surface area contributed by atoms with Gasteiger partial charge in [-0.1, -0.05) is 55.0 Å². The second-order valence-electron chi connectivity index (χ2n) is 6.49. The Labute approximate surface area is 156 Å². The summed E-state index contributed by atoms with van der Waals surface area (Å²) in [4.78, 5) is 2.73. The zero-order valence-electron chi connectivity index (χ0n) is 14.9. The predicted molar refractivity (Wildman–Crippen MR) is 111 cm³/mol. The Hall–Kier alpha value is -1.12. The topological polar surface area (TPSA) is 0 Å². The van der Waals surface area contributed by atoms with E-state index in [-0.39, 0.29) is 0 Å². The van der Waals surface area contributed by atoms with Crippen molar-refractivity contribution in [3.63, 3.8) is 0 Å². The van der Waals surface area contributed by atoms with Gasteiger partial charge in [-0.25, -0.2) is 0 Å². The molecule has 0 aliphatic heterocycles. The second kappa shape index (κ2) is 10.7. The predicted octanol–water partition coefficient (Wildman–Crippen LogP) is 7.67.